The number of sulfonamides is 1. The van der Waals surface area contributed by atoms with Gasteiger partial charge in [0.05, 0.1) is 4.90 Å². The van der Waals surface area contributed by atoms with Crippen LogP contribution in [0, 0.1) is 25.7 Å². The fraction of sp³-hybridized carbons (Fsp3) is 0.632. The van der Waals surface area contributed by atoms with E-state index < -0.39 is 10.0 Å². The Bertz CT molecular complexity index is 705. The van der Waals surface area contributed by atoms with Crippen molar-refractivity contribution in [3.63, 3.8) is 0 Å². The number of rotatable bonds is 6. The minimum absolute atomic E-state index is 0.0591. The first-order valence-corrected chi connectivity index (χ1v) is 10.5. The number of hydrogen-bond acceptors (Lipinski definition) is 3. The molecule has 1 aliphatic heterocycles. The number of piperidine rings is 1. The van der Waals surface area contributed by atoms with E-state index in [0.29, 0.717) is 43.3 Å². The second-order valence-corrected chi connectivity index (χ2v) is 9.34. The molecule has 1 saturated heterocycles. The van der Waals surface area contributed by atoms with Crippen LogP contribution in [0.3, 0.4) is 0 Å². The fourth-order valence-corrected chi connectivity index (χ4v) is 4.57. The first-order chi connectivity index (χ1) is 11.7. The molecule has 5 nitrogen and oxygen atoms in total. The van der Waals surface area contributed by atoms with E-state index in [2.05, 4.69) is 19.2 Å². The predicted octanol–water partition coefficient (Wildman–Crippen LogP) is 2.87. The van der Waals surface area contributed by atoms with Gasteiger partial charge >= 0.3 is 0 Å². The molecule has 1 aliphatic rings. The number of aryl methyl sites for hydroxylation is 2. The Kier molecular flexibility index (Phi) is 6.63. The Hall–Kier alpha value is -1.40. The van der Waals surface area contributed by atoms with Crippen molar-refractivity contribution < 1.29 is 13.2 Å². The van der Waals surface area contributed by atoms with Crippen LogP contribution in [0.5, 0.6) is 0 Å². The first-order valence-electron chi connectivity index (χ1n) is 9.07. The number of carbonyl (C=O) groups is 1. The lowest BCUT2D eigenvalue weighted by atomic mass is 9.97. The maximum absolute atomic E-state index is 12.8. The number of nitrogens with one attached hydrogen (secondary N) is 1. The summed E-state index contributed by atoms with van der Waals surface area (Å²) < 4.78 is 27.1. The van der Waals surface area contributed by atoms with Crippen molar-refractivity contribution >= 4 is 15.9 Å². The van der Waals surface area contributed by atoms with Gasteiger partial charge in [-0.3, -0.25) is 4.79 Å². The second-order valence-electron chi connectivity index (χ2n) is 7.40. The SMILES string of the molecule is Cc1ccc(S(=O)(=O)N2CCC(C(=O)NCCC(C)C)CC2)cc1C. The van der Waals surface area contributed by atoms with E-state index in [-0.39, 0.29) is 11.8 Å². The number of carbonyl (C=O) groups excluding carboxylic acids is 1. The van der Waals surface area contributed by atoms with Gasteiger partial charge in [0.1, 0.15) is 0 Å². The predicted molar refractivity (Wildman–Crippen MR) is 99.9 cm³/mol. The van der Waals surface area contributed by atoms with Crippen molar-refractivity contribution in [2.75, 3.05) is 19.6 Å². The molecule has 1 fully saturated rings. The van der Waals surface area contributed by atoms with E-state index in [0.717, 1.165) is 17.5 Å². The molecule has 0 unspecified atom stereocenters. The molecular formula is C19H30N2O3S. The molecular weight excluding hydrogens is 336 g/mol. The van der Waals surface area contributed by atoms with Crippen LogP contribution in [0.15, 0.2) is 23.1 Å². The van der Waals surface area contributed by atoms with Gasteiger partial charge in [-0.2, -0.15) is 4.31 Å². The van der Waals surface area contributed by atoms with Crippen LogP contribution in [-0.2, 0) is 14.8 Å². The van der Waals surface area contributed by atoms with Crippen LogP contribution in [-0.4, -0.2) is 38.3 Å². The lowest BCUT2D eigenvalue weighted by molar-refractivity contribution is -0.126. The molecule has 0 aromatic heterocycles. The molecule has 1 amide bonds. The summed E-state index contributed by atoms with van der Waals surface area (Å²) in [4.78, 5) is 12.6. The van der Waals surface area contributed by atoms with Gasteiger partial charge < -0.3 is 5.32 Å². The fourth-order valence-electron chi connectivity index (χ4n) is 3.01. The highest BCUT2D eigenvalue weighted by atomic mass is 32.2. The number of benzene rings is 1. The van der Waals surface area contributed by atoms with Crippen molar-refractivity contribution in [1.82, 2.24) is 9.62 Å². The van der Waals surface area contributed by atoms with Crippen molar-refractivity contribution in [3.05, 3.63) is 29.3 Å². The average Bonchev–Trinajstić information content (AvgIpc) is 2.57. The topological polar surface area (TPSA) is 66.5 Å². The first kappa shape index (κ1) is 19.9. The summed E-state index contributed by atoms with van der Waals surface area (Å²) >= 11 is 0. The van der Waals surface area contributed by atoms with Crippen LogP contribution < -0.4 is 5.32 Å². The number of hydrogen-bond donors (Lipinski definition) is 1. The Labute approximate surface area is 151 Å². The monoisotopic (exact) mass is 366 g/mol. The molecule has 0 bridgehead atoms. The molecule has 6 heteroatoms. The van der Waals surface area contributed by atoms with E-state index in [4.69, 9.17) is 0 Å². The van der Waals surface area contributed by atoms with E-state index >= 15 is 0 Å². The normalized spacial score (nSPS) is 17.0. The van der Waals surface area contributed by atoms with Gasteiger partial charge in [0, 0.05) is 25.6 Å². The van der Waals surface area contributed by atoms with E-state index in [1.165, 1.54) is 4.31 Å². The summed E-state index contributed by atoms with van der Waals surface area (Å²) in [5, 5.41) is 2.98. The third-order valence-corrected chi connectivity index (χ3v) is 6.86. The molecule has 1 aromatic rings. The smallest absolute Gasteiger partial charge is 0.243 e. The second kappa shape index (κ2) is 8.32. The summed E-state index contributed by atoms with van der Waals surface area (Å²) in [6, 6.07) is 5.24. The highest BCUT2D eigenvalue weighted by Gasteiger charge is 2.32. The molecule has 25 heavy (non-hydrogen) atoms. The van der Waals surface area contributed by atoms with Crippen LogP contribution in [0.25, 0.3) is 0 Å². The van der Waals surface area contributed by atoms with E-state index in [9.17, 15) is 13.2 Å². The molecule has 0 atom stereocenters. The number of amides is 1. The molecule has 1 heterocycles. The van der Waals surface area contributed by atoms with Crippen molar-refractivity contribution in [2.45, 2.75) is 51.9 Å². The maximum Gasteiger partial charge on any atom is 0.243 e. The molecule has 2 rings (SSSR count). The Morgan fingerprint density at radius 3 is 2.40 bits per heavy atom. The minimum atomic E-state index is -3.48. The van der Waals surface area contributed by atoms with Crippen LogP contribution in [0.4, 0.5) is 0 Å². The quantitative estimate of drug-likeness (QED) is 0.842. The van der Waals surface area contributed by atoms with Gasteiger partial charge in [0.2, 0.25) is 15.9 Å². The summed E-state index contributed by atoms with van der Waals surface area (Å²) in [7, 11) is -3.48. The average molecular weight is 367 g/mol. The van der Waals surface area contributed by atoms with Crippen LogP contribution in [0.2, 0.25) is 0 Å². The standard InChI is InChI=1S/C19H30N2O3S/c1-14(2)7-10-20-19(22)17-8-11-21(12-9-17)25(23,24)18-6-5-15(3)16(4)13-18/h5-6,13-14,17H,7-12H2,1-4H3,(H,20,22). The zero-order chi connectivity index (χ0) is 18.6. The summed E-state index contributed by atoms with van der Waals surface area (Å²) in [6.45, 7) is 9.63. The summed E-state index contributed by atoms with van der Waals surface area (Å²) in [5.41, 5.74) is 2.05. The molecule has 0 radical (unpaired) electrons. The molecule has 0 spiro atoms. The third-order valence-electron chi connectivity index (χ3n) is 4.96. The molecule has 140 valence electrons. The zero-order valence-corrected chi connectivity index (χ0v) is 16.5. The molecule has 1 aromatic carbocycles. The summed E-state index contributed by atoms with van der Waals surface area (Å²) in [6.07, 6.45) is 2.13. The lowest BCUT2D eigenvalue weighted by Gasteiger charge is -2.30. The largest absolute Gasteiger partial charge is 0.356 e. The Morgan fingerprint density at radius 2 is 1.84 bits per heavy atom. The van der Waals surface area contributed by atoms with Gasteiger partial charge in [-0.25, -0.2) is 8.42 Å². The minimum Gasteiger partial charge on any atom is -0.356 e. The van der Waals surface area contributed by atoms with E-state index in [1.807, 2.05) is 19.9 Å². The van der Waals surface area contributed by atoms with Gasteiger partial charge in [-0.05, 0) is 62.3 Å². The maximum atomic E-state index is 12.8. The number of nitrogens with zero attached hydrogens (tertiary/aromatic N) is 1. The van der Waals surface area contributed by atoms with Gasteiger partial charge in [0.25, 0.3) is 0 Å². The molecule has 1 N–H and O–H groups in total. The van der Waals surface area contributed by atoms with Gasteiger partial charge in [0.15, 0.2) is 0 Å². The lowest BCUT2D eigenvalue weighted by Crippen LogP contribution is -2.43. The van der Waals surface area contributed by atoms with Crippen molar-refractivity contribution in [1.29, 1.82) is 0 Å². The van der Waals surface area contributed by atoms with Crippen LogP contribution in [0.1, 0.15) is 44.2 Å². The van der Waals surface area contributed by atoms with E-state index in [1.54, 1.807) is 12.1 Å². The Balaban J connectivity index is 1.94. The van der Waals surface area contributed by atoms with Crippen LogP contribution >= 0.6 is 0 Å². The van der Waals surface area contributed by atoms with Crippen molar-refractivity contribution in [3.8, 4) is 0 Å². The highest BCUT2D eigenvalue weighted by molar-refractivity contribution is 7.89. The Morgan fingerprint density at radius 1 is 1.20 bits per heavy atom. The molecule has 0 aliphatic carbocycles. The van der Waals surface area contributed by atoms with Crippen molar-refractivity contribution in [2.24, 2.45) is 11.8 Å². The van der Waals surface area contributed by atoms with Gasteiger partial charge in [-0.1, -0.05) is 19.9 Å². The van der Waals surface area contributed by atoms with Gasteiger partial charge in [-0.15, -0.1) is 0 Å². The summed E-state index contributed by atoms with van der Waals surface area (Å²) in [5.74, 6) is 0.535. The molecule has 0 saturated carbocycles. The highest BCUT2D eigenvalue weighted by Crippen LogP contribution is 2.25. The third kappa shape index (κ3) is 5.05. The zero-order valence-electron chi connectivity index (χ0n) is 15.7.